The largest absolute Gasteiger partial charge is 0.328 e. The zero-order chi connectivity index (χ0) is 8.85. The van der Waals surface area contributed by atoms with Gasteiger partial charge >= 0.3 is 0 Å². The van der Waals surface area contributed by atoms with E-state index in [2.05, 4.69) is 51.5 Å². The quantitative estimate of drug-likeness (QED) is 0.435. The maximum atomic E-state index is 3.15. The highest BCUT2D eigenvalue weighted by Crippen LogP contribution is 2.01. The topological polar surface area (TPSA) is 3.24 Å². The molecule has 0 aliphatic heterocycles. The van der Waals surface area contributed by atoms with E-state index >= 15 is 0 Å². The van der Waals surface area contributed by atoms with Crippen molar-refractivity contribution >= 4 is 0 Å². The Labute approximate surface area is 70.8 Å². The molecular weight excluding hydrogens is 134 g/mol. The monoisotopic (exact) mass is 153 g/mol. The molecule has 0 amide bonds. The minimum Gasteiger partial charge on any atom is -0.328 e. The van der Waals surface area contributed by atoms with Crippen LogP contribution in [-0.4, -0.2) is 17.0 Å². The zero-order valence-corrected chi connectivity index (χ0v) is 8.31. The van der Waals surface area contributed by atoms with Crippen LogP contribution in [0.2, 0.25) is 0 Å². The van der Waals surface area contributed by atoms with Crippen LogP contribution in [-0.2, 0) is 0 Å². The average Bonchev–Trinajstić information content (AvgIpc) is 1.87. The molecule has 0 saturated carbocycles. The molecule has 1 nitrogen and oxygen atoms in total. The molecule has 0 spiro atoms. The molecule has 0 rings (SSSR count). The molecule has 0 aliphatic carbocycles. The predicted octanol–water partition coefficient (Wildman–Crippen LogP) is 2.48. The maximum absolute atomic E-state index is 3.15. The van der Waals surface area contributed by atoms with Crippen molar-refractivity contribution in [3.8, 4) is 12.0 Å². The maximum Gasteiger partial charge on any atom is 0.0317 e. The molecule has 0 aliphatic rings. The summed E-state index contributed by atoms with van der Waals surface area (Å²) in [5.74, 6) is 3.09. The minimum absolute atomic E-state index is 0.522. The second-order valence-corrected chi connectivity index (χ2v) is 3.24. The van der Waals surface area contributed by atoms with Gasteiger partial charge in [0.15, 0.2) is 0 Å². The molecule has 0 aromatic heterocycles. The fourth-order valence-corrected chi connectivity index (χ4v) is 1.02. The molecule has 0 aromatic carbocycles. The van der Waals surface area contributed by atoms with E-state index in [0.29, 0.717) is 12.1 Å². The Morgan fingerprint density at radius 3 is 1.82 bits per heavy atom. The summed E-state index contributed by atoms with van der Waals surface area (Å²) in [7, 11) is 0. The first-order chi connectivity index (χ1) is 5.09. The second kappa shape index (κ2) is 5.07. The Hall–Kier alpha value is -0.640. The first-order valence-corrected chi connectivity index (χ1v) is 4.36. The first kappa shape index (κ1) is 10.4. The summed E-state index contributed by atoms with van der Waals surface area (Å²) in [5, 5.41) is 0. The van der Waals surface area contributed by atoms with E-state index < -0.39 is 0 Å². The lowest BCUT2D eigenvalue weighted by Gasteiger charge is -2.26. The van der Waals surface area contributed by atoms with Gasteiger partial charge in [-0.25, -0.2) is 0 Å². The van der Waals surface area contributed by atoms with Gasteiger partial charge in [-0.1, -0.05) is 12.8 Å². The highest BCUT2D eigenvalue weighted by molar-refractivity contribution is 4.99. The van der Waals surface area contributed by atoms with Crippen molar-refractivity contribution in [2.24, 2.45) is 0 Å². The van der Waals surface area contributed by atoms with Crippen LogP contribution in [0.25, 0.3) is 0 Å². The van der Waals surface area contributed by atoms with Crippen LogP contribution in [0.3, 0.4) is 0 Å². The zero-order valence-electron chi connectivity index (χ0n) is 8.31. The molecule has 0 atom stereocenters. The molecule has 0 saturated heterocycles. The van der Waals surface area contributed by atoms with Gasteiger partial charge in [0.25, 0.3) is 0 Å². The van der Waals surface area contributed by atoms with E-state index in [1.54, 1.807) is 0 Å². The summed E-state index contributed by atoms with van der Waals surface area (Å²) in [4.78, 5) is 2.18. The molecule has 0 bridgehead atoms. The van der Waals surface area contributed by atoms with Crippen molar-refractivity contribution in [2.45, 2.75) is 53.1 Å². The molecule has 11 heavy (non-hydrogen) atoms. The Kier molecular flexibility index (Phi) is 4.77. The van der Waals surface area contributed by atoms with E-state index in [4.69, 9.17) is 0 Å². The lowest BCUT2D eigenvalue weighted by molar-refractivity contribution is 0.274. The summed E-state index contributed by atoms with van der Waals surface area (Å²) in [6, 6.07) is 4.20. The summed E-state index contributed by atoms with van der Waals surface area (Å²) in [6.07, 6.45) is 0.940. The number of hydrogen-bond acceptors (Lipinski definition) is 1. The fraction of sp³-hybridized carbons (Fsp3) is 0.800. The normalized spacial score (nSPS) is 9.73. The van der Waals surface area contributed by atoms with Gasteiger partial charge in [0, 0.05) is 24.5 Å². The summed E-state index contributed by atoms with van der Waals surface area (Å²) in [5.41, 5.74) is 0. The molecular formula is C10H19N. The Bertz CT molecular complexity index is 140. The number of hydrogen-bond donors (Lipinski definition) is 0. The Balaban J connectivity index is 4.11. The van der Waals surface area contributed by atoms with Gasteiger partial charge in [0.05, 0.1) is 0 Å². The lowest BCUT2D eigenvalue weighted by atomic mass is 10.2. The van der Waals surface area contributed by atoms with Crippen LogP contribution in [0.4, 0.5) is 0 Å². The van der Waals surface area contributed by atoms with E-state index in [9.17, 15) is 0 Å². The third-order valence-electron chi connectivity index (χ3n) is 1.50. The number of nitrogens with zero attached hydrogens (tertiary/aromatic N) is 1. The van der Waals surface area contributed by atoms with Crippen molar-refractivity contribution in [3.63, 3.8) is 0 Å². The Morgan fingerprint density at radius 1 is 1.09 bits per heavy atom. The molecule has 0 aromatic rings. The fourth-order valence-electron chi connectivity index (χ4n) is 1.02. The SMILES string of the molecule is CCC#CN(C(C)C)C(C)C. The van der Waals surface area contributed by atoms with Crippen molar-refractivity contribution in [1.82, 2.24) is 4.90 Å². The van der Waals surface area contributed by atoms with E-state index in [0.717, 1.165) is 6.42 Å². The Morgan fingerprint density at radius 2 is 1.55 bits per heavy atom. The molecule has 0 radical (unpaired) electrons. The van der Waals surface area contributed by atoms with Crippen molar-refractivity contribution in [2.75, 3.05) is 0 Å². The first-order valence-electron chi connectivity index (χ1n) is 4.36. The van der Waals surface area contributed by atoms with Crippen molar-refractivity contribution < 1.29 is 0 Å². The molecule has 0 heterocycles. The number of rotatable bonds is 2. The standard InChI is InChI=1S/C10H19N/c1-6-7-8-11(9(2)3)10(4)5/h9-10H,6H2,1-5H3. The third kappa shape index (κ3) is 3.93. The van der Waals surface area contributed by atoms with Gasteiger partial charge in [-0.2, -0.15) is 0 Å². The van der Waals surface area contributed by atoms with Gasteiger partial charge in [-0.15, -0.1) is 0 Å². The molecule has 0 fully saturated rings. The van der Waals surface area contributed by atoms with Crippen molar-refractivity contribution in [1.29, 1.82) is 0 Å². The summed E-state index contributed by atoms with van der Waals surface area (Å²) >= 11 is 0. The third-order valence-corrected chi connectivity index (χ3v) is 1.50. The predicted molar refractivity (Wildman–Crippen MR) is 50.2 cm³/mol. The smallest absolute Gasteiger partial charge is 0.0317 e. The second-order valence-electron chi connectivity index (χ2n) is 3.24. The molecule has 0 N–H and O–H groups in total. The van der Waals surface area contributed by atoms with Gasteiger partial charge in [0.1, 0.15) is 0 Å². The average molecular weight is 153 g/mol. The molecule has 1 heteroatoms. The van der Waals surface area contributed by atoms with Gasteiger partial charge in [-0.3, -0.25) is 0 Å². The minimum atomic E-state index is 0.522. The van der Waals surface area contributed by atoms with Gasteiger partial charge in [-0.05, 0) is 27.7 Å². The summed E-state index contributed by atoms with van der Waals surface area (Å²) in [6.45, 7) is 10.8. The summed E-state index contributed by atoms with van der Waals surface area (Å²) < 4.78 is 0. The van der Waals surface area contributed by atoms with E-state index in [1.807, 2.05) is 0 Å². The van der Waals surface area contributed by atoms with Gasteiger partial charge < -0.3 is 4.90 Å². The van der Waals surface area contributed by atoms with Crippen molar-refractivity contribution in [3.05, 3.63) is 0 Å². The highest BCUT2D eigenvalue weighted by Gasteiger charge is 2.07. The van der Waals surface area contributed by atoms with Gasteiger partial charge in [0.2, 0.25) is 0 Å². The lowest BCUT2D eigenvalue weighted by Crippen LogP contribution is -2.32. The van der Waals surface area contributed by atoms with Crippen LogP contribution >= 0.6 is 0 Å². The molecule has 64 valence electrons. The van der Waals surface area contributed by atoms with E-state index in [1.165, 1.54) is 0 Å². The van der Waals surface area contributed by atoms with Crippen LogP contribution in [0, 0.1) is 12.0 Å². The van der Waals surface area contributed by atoms with Crippen LogP contribution in [0.15, 0.2) is 0 Å². The highest BCUT2D eigenvalue weighted by atomic mass is 15.1. The van der Waals surface area contributed by atoms with E-state index in [-0.39, 0.29) is 0 Å². The molecule has 0 unspecified atom stereocenters. The van der Waals surface area contributed by atoms with Crippen LogP contribution in [0.5, 0.6) is 0 Å². The van der Waals surface area contributed by atoms with Crippen LogP contribution in [0.1, 0.15) is 41.0 Å². The van der Waals surface area contributed by atoms with Crippen LogP contribution < -0.4 is 0 Å².